The van der Waals surface area contributed by atoms with Crippen molar-refractivity contribution in [1.29, 1.82) is 0 Å². The van der Waals surface area contributed by atoms with Crippen molar-refractivity contribution in [3.8, 4) is 5.75 Å². The number of para-hydroxylation sites is 1. The second kappa shape index (κ2) is 13.6. The molecule has 1 aliphatic rings. The fraction of sp³-hybridized carbons (Fsp3) is 0.533. The van der Waals surface area contributed by atoms with Gasteiger partial charge in [-0.1, -0.05) is 32.0 Å². The van der Waals surface area contributed by atoms with E-state index in [-0.39, 0.29) is 0 Å². The molecule has 8 nitrogen and oxygen atoms in total. The van der Waals surface area contributed by atoms with Gasteiger partial charge in [-0.25, -0.2) is 4.98 Å². The van der Waals surface area contributed by atoms with Crippen LogP contribution in [0, 0.1) is 0 Å². The van der Waals surface area contributed by atoms with Gasteiger partial charge in [0.2, 0.25) is 5.95 Å². The summed E-state index contributed by atoms with van der Waals surface area (Å²) in [6, 6.07) is 15.0. The van der Waals surface area contributed by atoms with Gasteiger partial charge in [0.05, 0.1) is 12.6 Å². The summed E-state index contributed by atoms with van der Waals surface area (Å²) in [5.41, 5.74) is 3.44. The highest BCUT2D eigenvalue weighted by Gasteiger charge is 2.23. The van der Waals surface area contributed by atoms with Crippen molar-refractivity contribution >= 4 is 28.4 Å². The van der Waals surface area contributed by atoms with Crippen LogP contribution in [0.15, 0.2) is 42.5 Å². The summed E-state index contributed by atoms with van der Waals surface area (Å²) < 4.78 is 5.70. The van der Waals surface area contributed by atoms with E-state index in [1.807, 2.05) is 6.07 Å². The Morgan fingerprint density at radius 1 is 1.00 bits per heavy atom. The normalized spacial score (nSPS) is 14.7. The number of ether oxygens (including phenoxy) is 1. The van der Waals surface area contributed by atoms with E-state index in [1.165, 1.54) is 11.3 Å². The van der Waals surface area contributed by atoms with Gasteiger partial charge in [-0.3, -0.25) is 4.90 Å². The van der Waals surface area contributed by atoms with Crippen LogP contribution >= 0.6 is 0 Å². The molecule has 0 radical (unpaired) electrons. The van der Waals surface area contributed by atoms with Gasteiger partial charge in [0, 0.05) is 63.0 Å². The highest BCUT2D eigenvalue weighted by atomic mass is 16.5. The Bertz CT molecular complexity index is 1160. The lowest BCUT2D eigenvalue weighted by Crippen LogP contribution is -2.39. The predicted molar refractivity (Wildman–Crippen MR) is 160 cm³/mol. The lowest BCUT2D eigenvalue weighted by atomic mass is 10.0. The largest absolute Gasteiger partial charge is 0.496 e. The highest BCUT2D eigenvalue weighted by molar-refractivity contribution is 5.90. The molecular formula is C30H45N7O. The molecule has 2 aromatic carbocycles. The number of hydrogen-bond acceptors (Lipinski definition) is 8. The van der Waals surface area contributed by atoms with Crippen molar-refractivity contribution in [2.45, 2.75) is 45.7 Å². The first-order valence-electron chi connectivity index (χ1n) is 14.1. The third-order valence-electron chi connectivity index (χ3n) is 7.55. The Morgan fingerprint density at radius 2 is 1.76 bits per heavy atom. The average Bonchev–Trinajstić information content (AvgIpc) is 2.94. The molecule has 206 valence electrons. The number of fused-ring (bicyclic) bond motifs is 1. The van der Waals surface area contributed by atoms with Gasteiger partial charge in [-0.05, 0) is 63.2 Å². The fourth-order valence-corrected chi connectivity index (χ4v) is 5.28. The van der Waals surface area contributed by atoms with Crippen LogP contribution in [-0.2, 0) is 6.54 Å². The number of anilines is 3. The van der Waals surface area contributed by atoms with E-state index >= 15 is 0 Å². The molecule has 0 amide bonds. The molecule has 1 fully saturated rings. The van der Waals surface area contributed by atoms with Crippen LogP contribution in [-0.4, -0.2) is 86.3 Å². The lowest BCUT2D eigenvalue weighted by Gasteiger charge is -2.34. The third kappa shape index (κ3) is 7.05. The number of rotatable bonds is 13. The molecule has 4 rings (SSSR count). The van der Waals surface area contributed by atoms with Crippen LogP contribution in [0.3, 0.4) is 0 Å². The van der Waals surface area contributed by atoms with E-state index in [0.29, 0.717) is 12.0 Å². The number of piperidine rings is 1. The van der Waals surface area contributed by atoms with Crippen LogP contribution in [0.2, 0.25) is 0 Å². The summed E-state index contributed by atoms with van der Waals surface area (Å²) in [6.45, 7) is 11.5. The molecule has 0 bridgehead atoms. The number of hydrogen-bond donors (Lipinski definition) is 2. The van der Waals surface area contributed by atoms with E-state index < -0.39 is 0 Å². The van der Waals surface area contributed by atoms with E-state index in [9.17, 15) is 0 Å². The van der Waals surface area contributed by atoms with E-state index in [0.717, 1.165) is 87.5 Å². The lowest BCUT2D eigenvalue weighted by molar-refractivity contribution is 0.209. The summed E-state index contributed by atoms with van der Waals surface area (Å²) in [6.07, 6.45) is 3.20. The van der Waals surface area contributed by atoms with E-state index in [2.05, 4.69) is 89.7 Å². The highest BCUT2D eigenvalue weighted by Crippen LogP contribution is 2.31. The minimum absolute atomic E-state index is 0.381. The molecular weight excluding hydrogens is 474 g/mol. The fourth-order valence-electron chi connectivity index (χ4n) is 5.28. The van der Waals surface area contributed by atoms with Gasteiger partial charge in [-0.2, -0.15) is 4.98 Å². The molecule has 0 aliphatic carbocycles. The first-order chi connectivity index (χ1) is 18.5. The molecule has 1 saturated heterocycles. The second-order valence-electron chi connectivity index (χ2n) is 10.3. The number of methoxy groups -OCH3 is 1. The number of aromatic nitrogens is 2. The first kappa shape index (κ1) is 27.9. The second-order valence-corrected chi connectivity index (χ2v) is 10.3. The maximum absolute atomic E-state index is 5.70. The van der Waals surface area contributed by atoms with Crippen LogP contribution in [0.5, 0.6) is 5.75 Å². The van der Waals surface area contributed by atoms with Gasteiger partial charge in [-0.15, -0.1) is 0 Å². The van der Waals surface area contributed by atoms with E-state index in [1.54, 1.807) is 7.11 Å². The third-order valence-corrected chi connectivity index (χ3v) is 7.55. The smallest absolute Gasteiger partial charge is 0.225 e. The summed E-state index contributed by atoms with van der Waals surface area (Å²) in [5.74, 6) is 2.59. The maximum Gasteiger partial charge on any atom is 0.225 e. The molecule has 0 spiro atoms. The van der Waals surface area contributed by atoms with Gasteiger partial charge >= 0.3 is 0 Å². The Hall–Kier alpha value is -3.10. The summed E-state index contributed by atoms with van der Waals surface area (Å²) in [4.78, 5) is 16.8. The Morgan fingerprint density at radius 3 is 2.47 bits per heavy atom. The zero-order valence-electron chi connectivity index (χ0n) is 23.8. The van der Waals surface area contributed by atoms with Crippen molar-refractivity contribution in [2.24, 2.45) is 0 Å². The molecule has 38 heavy (non-hydrogen) atoms. The van der Waals surface area contributed by atoms with Gasteiger partial charge in [0.15, 0.2) is 0 Å². The Kier molecular flexibility index (Phi) is 10.0. The topological polar surface area (TPSA) is 68.8 Å². The molecule has 0 unspecified atom stereocenters. The van der Waals surface area contributed by atoms with Gasteiger partial charge < -0.3 is 25.2 Å². The van der Waals surface area contributed by atoms with Crippen molar-refractivity contribution in [3.05, 3.63) is 48.0 Å². The average molecular weight is 520 g/mol. The molecule has 2 heterocycles. The van der Waals surface area contributed by atoms with Crippen molar-refractivity contribution in [2.75, 3.05) is 76.0 Å². The minimum Gasteiger partial charge on any atom is -0.496 e. The molecule has 0 atom stereocenters. The number of nitrogens with zero attached hydrogens (tertiary/aromatic N) is 5. The molecule has 3 aromatic rings. The first-order valence-corrected chi connectivity index (χ1v) is 14.1. The molecule has 1 aromatic heterocycles. The Balaban J connectivity index is 1.38. The SMILES string of the molecule is CCN(CC)CCCNc1nc(NC2CCN(Cc3c(OC)cccc3N(C)C)CC2)c2ccccc2n1. The van der Waals surface area contributed by atoms with Crippen molar-refractivity contribution in [1.82, 2.24) is 19.8 Å². The Labute approximate surface area is 228 Å². The zero-order valence-corrected chi connectivity index (χ0v) is 23.8. The summed E-state index contributed by atoms with van der Waals surface area (Å²) in [7, 11) is 5.94. The van der Waals surface area contributed by atoms with Crippen molar-refractivity contribution < 1.29 is 4.74 Å². The van der Waals surface area contributed by atoms with Gasteiger partial charge in [0.25, 0.3) is 0 Å². The van der Waals surface area contributed by atoms with Crippen molar-refractivity contribution in [3.63, 3.8) is 0 Å². The minimum atomic E-state index is 0.381. The number of benzene rings is 2. The van der Waals surface area contributed by atoms with E-state index in [4.69, 9.17) is 14.7 Å². The summed E-state index contributed by atoms with van der Waals surface area (Å²) >= 11 is 0. The van der Waals surface area contributed by atoms with Crippen LogP contribution < -0.4 is 20.3 Å². The number of likely N-dealkylation sites (tertiary alicyclic amines) is 1. The standard InChI is InChI=1S/C30H45N7O/c1-6-36(7-2)19-11-18-31-30-33-26-13-9-8-12-24(26)29(34-30)32-23-16-20-37(21-17-23)22-25-27(35(3)4)14-10-15-28(25)38-5/h8-10,12-15,23H,6-7,11,16-22H2,1-5H3,(H2,31,32,33,34). The number of nitrogens with one attached hydrogen (secondary N) is 2. The zero-order chi connectivity index (χ0) is 26.9. The monoisotopic (exact) mass is 519 g/mol. The molecule has 2 N–H and O–H groups in total. The maximum atomic E-state index is 5.70. The van der Waals surface area contributed by atoms with Crippen LogP contribution in [0.25, 0.3) is 10.9 Å². The molecule has 8 heteroatoms. The molecule has 0 saturated carbocycles. The van der Waals surface area contributed by atoms with Gasteiger partial charge in [0.1, 0.15) is 11.6 Å². The van der Waals surface area contributed by atoms with Crippen LogP contribution in [0.1, 0.15) is 38.7 Å². The molecule has 1 aliphatic heterocycles. The quantitative estimate of drug-likeness (QED) is 0.308. The van der Waals surface area contributed by atoms with Crippen LogP contribution in [0.4, 0.5) is 17.5 Å². The predicted octanol–water partition coefficient (Wildman–Crippen LogP) is 4.92. The summed E-state index contributed by atoms with van der Waals surface area (Å²) in [5, 5.41) is 8.31.